The summed E-state index contributed by atoms with van der Waals surface area (Å²) < 4.78 is 2.19. The van der Waals surface area contributed by atoms with Crippen molar-refractivity contribution >= 4 is 0 Å². The Bertz CT molecular complexity index is 672. The van der Waals surface area contributed by atoms with Gasteiger partial charge in [-0.05, 0) is 84.8 Å². The van der Waals surface area contributed by atoms with Gasteiger partial charge in [0.1, 0.15) is 0 Å². The molecule has 2 saturated heterocycles. The summed E-state index contributed by atoms with van der Waals surface area (Å²) in [5.41, 5.74) is 4.08. The van der Waals surface area contributed by atoms with E-state index in [1.807, 2.05) is 0 Å². The molecule has 0 N–H and O–H groups in total. The first kappa shape index (κ1) is 23.3. The summed E-state index contributed by atoms with van der Waals surface area (Å²) >= 11 is 0. The van der Waals surface area contributed by atoms with Crippen LogP contribution in [0, 0.1) is 19.8 Å². The van der Waals surface area contributed by atoms with Crippen LogP contribution < -0.4 is 0 Å². The zero-order chi connectivity index (χ0) is 21.6. The molecule has 0 bridgehead atoms. The van der Waals surface area contributed by atoms with E-state index in [1.165, 1.54) is 121 Å². The maximum Gasteiger partial charge on any atom is 0.0641 e. The Kier molecular flexibility index (Phi) is 8.47. The summed E-state index contributed by atoms with van der Waals surface area (Å²) in [6.45, 7) is 17.7. The minimum atomic E-state index is 0.831. The zero-order valence-corrected chi connectivity index (χ0v) is 20.6. The fourth-order valence-electron chi connectivity index (χ4n) is 6.41. The number of hydrogen-bond acceptors (Lipinski definition) is 4. The minimum Gasteiger partial charge on any atom is -0.302 e. The van der Waals surface area contributed by atoms with E-state index < -0.39 is 0 Å². The van der Waals surface area contributed by atoms with Crippen LogP contribution in [-0.4, -0.2) is 76.3 Å². The van der Waals surface area contributed by atoms with Crippen LogP contribution in [0.2, 0.25) is 0 Å². The maximum absolute atomic E-state index is 4.81. The summed E-state index contributed by atoms with van der Waals surface area (Å²) in [5, 5.41) is 4.81. The van der Waals surface area contributed by atoms with Crippen LogP contribution >= 0.6 is 0 Å². The van der Waals surface area contributed by atoms with Crippen molar-refractivity contribution in [2.45, 2.75) is 97.7 Å². The minimum absolute atomic E-state index is 0.831. The van der Waals surface area contributed by atoms with E-state index in [0.29, 0.717) is 0 Å². The highest BCUT2D eigenvalue weighted by Crippen LogP contribution is 2.28. The van der Waals surface area contributed by atoms with E-state index in [9.17, 15) is 0 Å². The van der Waals surface area contributed by atoms with Gasteiger partial charge < -0.3 is 9.80 Å². The standard InChI is InChI=1S/C26H47N5/c1-4-31-23(3)26(22(2)27-31)21-29(18-17-28-14-8-5-9-15-28)19-24-11-10-16-30(20-24)25-12-6-7-13-25/h24-25H,4-21H2,1-3H3/t24-/m1/s1. The smallest absolute Gasteiger partial charge is 0.0641 e. The Labute approximate surface area is 191 Å². The van der Waals surface area contributed by atoms with Crippen LogP contribution in [0.25, 0.3) is 0 Å². The van der Waals surface area contributed by atoms with E-state index >= 15 is 0 Å². The first-order chi connectivity index (χ1) is 15.1. The van der Waals surface area contributed by atoms with E-state index in [2.05, 4.69) is 40.2 Å². The van der Waals surface area contributed by atoms with Crippen molar-refractivity contribution in [3.05, 3.63) is 17.0 Å². The molecule has 3 fully saturated rings. The van der Waals surface area contributed by atoms with Crippen LogP contribution in [0.5, 0.6) is 0 Å². The largest absolute Gasteiger partial charge is 0.302 e. The number of likely N-dealkylation sites (tertiary alicyclic amines) is 2. The summed E-state index contributed by atoms with van der Waals surface area (Å²) in [6.07, 6.45) is 12.8. The van der Waals surface area contributed by atoms with Crippen molar-refractivity contribution < 1.29 is 0 Å². The molecular formula is C26H47N5. The van der Waals surface area contributed by atoms with Gasteiger partial charge in [-0.25, -0.2) is 0 Å². The van der Waals surface area contributed by atoms with Gasteiger partial charge >= 0.3 is 0 Å². The van der Waals surface area contributed by atoms with Gasteiger partial charge in [0.25, 0.3) is 0 Å². The van der Waals surface area contributed by atoms with Crippen molar-refractivity contribution in [1.29, 1.82) is 0 Å². The lowest BCUT2D eigenvalue weighted by Crippen LogP contribution is -2.46. The molecule has 1 aromatic rings. The van der Waals surface area contributed by atoms with Crippen LogP contribution in [0.1, 0.15) is 81.7 Å². The molecule has 1 aromatic heterocycles. The number of aromatic nitrogens is 2. The molecule has 4 rings (SSSR count). The predicted molar refractivity (Wildman–Crippen MR) is 129 cm³/mol. The number of piperidine rings is 2. The van der Waals surface area contributed by atoms with Crippen molar-refractivity contribution in [3.8, 4) is 0 Å². The number of rotatable bonds is 9. The van der Waals surface area contributed by atoms with Gasteiger partial charge in [-0.2, -0.15) is 5.10 Å². The van der Waals surface area contributed by atoms with Crippen LogP contribution in [0.4, 0.5) is 0 Å². The fraction of sp³-hybridized carbons (Fsp3) is 0.885. The van der Waals surface area contributed by atoms with Gasteiger partial charge in [-0.3, -0.25) is 9.58 Å². The van der Waals surface area contributed by atoms with Gasteiger partial charge in [-0.15, -0.1) is 0 Å². The van der Waals surface area contributed by atoms with Gasteiger partial charge in [0.05, 0.1) is 5.69 Å². The van der Waals surface area contributed by atoms with E-state index in [-0.39, 0.29) is 0 Å². The molecule has 0 radical (unpaired) electrons. The molecular weight excluding hydrogens is 382 g/mol. The summed E-state index contributed by atoms with van der Waals surface area (Å²) in [7, 11) is 0. The topological polar surface area (TPSA) is 27.5 Å². The second-order valence-electron chi connectivity index (χ2n) is 10.5. The Hall–Kier alpha value is -0.910. The predicted octanol–water partition coefficient (Wildman–Crippen LogP) is 4.46. The average Bonchev–Trinajstić information content (AvgIpc) is 3.42. The highest BCUT2D eigenvalue weighted by molar-refractivity contribution is 5.24. The van der Waals surface area contributed by atoms with Crippen LogP contribution in [-0.2, 0) is 13.1 Å². The normalized spacial score (nSPS) is 24.5. The molecule has 31 heavy (non-hydrogen) atoms. The molecule has 2 aliphatic heterocycles. The molecule has 5 heteroatoms. The third kappa shape index (κ3) is 6.11. The quantitative estimate of drug-likeness (QED) is 0.579. The lowest BCUT2D eigenvalue weighted by Gasteiger charge is -2.39. The molecule has 0 aromatic carbocycles. The molecule has 0 amide bonds. The fourth-order valence-corrected chi connectivity index (χ4v) is 6.41. The Balaban J connectivity index is 1.40. The van der Waals surface area contributed by atoms with E-state index in [0.717, 1.165) is 25.0 Å². The molecule has 176 valence electrons. The number of hydrogen-bond donors (Lipinski definition) is 0. The second-order valence-corrected chi connectivity index (χ2v) is 10.5. The lowest BCUT2D eigenvalue weighted by molar-refractivity contribution is 0.0911. The Morgan fingerprint density at radius 1 is 0.935 bits per heavy atom. The molecule has 5 nitrogen and oxygen atoms in total. The molecule has 1 atom stereocenters. The molecule has 3 aliphatic rings. The monoisotopic (exact) mass is 429 g/mol. The van der Waals surface area contributed by atoms with Crippen molar-refractivity contribution in [1.82, 2.24) is 24.5 Å². The maximum atomic E-state index is 4.81. The van der Waals surface area contributed by atoms with E-state index in [4.69, 9.17) is 5.10 Å². The van der Waals surface area contributed by atoms with Crippen molar-refractivity contribution in [2.75, 3.05) is 45.8 Å². The van der Waals surface area contributed by atoms with Crippen LogP contribution in [0.15, 0.2) is 0 Å². The zero-order valence-electron chi connectivity index (χ0n) is 20.6. The van der Waals surface area contributed by atoms with Gasteiger partial charge in [0.15, 0.2) is 0 Å². The lowest BCUT2D eigenvalue weighted by atomic mass is 9.95. The summed E-state index contributed by atoms with van der Waals surface area (Å²) in [5.74, 6) is 0.831. The Morgan fingerprint density at radius 3 is 2.42 bits per heavy atom. The highest BCUT2D eigenvalue weighted by atomic mass is 15.3. The first-order valence-electron chi connectivity index (χ1n) is 13.4. The molecule has 0 spiro atoms. The van der Waals surface area contributed by atoms with Gasteiger partial charge in [-0.1, -0.05) is 19.3 Å². The second kappa shape index (κ2) is 11.3. The molecule has 0 unspecified atom stereocenters. The van der Waals surface area contributed by atoms with Gasteiger partial charge in [0.2, 0.25) is 0 Å². The average molecular weight is 430 g/mol. The SMILES string of the molecule is CCn1nc(C)c(CN(CCN2CCCCC2)C[C@H]2CCCN(C3CCCC3)C2)c1C. The van der Waals surface area contributed by atoms with Crippen LogP contribution in [0.3, 0.4) is 0 Å². The van der Waals surface area contributed by atoms with Gasteiger partial charge in [0, 0.05) is 56.6 Å². The first-order valence-corrected chi connectivity index (χ1v) is 13.4. The third-order valence-electron chi connectivity index (χ3n) is 8.30. The highest BCUT2D eigenvalue weighted by Gasteiger charge is 2.29. The summed E-state index contributed by atoms with van der Waals surface area (Å²) in [4.78, 5) is 8.35. The summed E-state index contributed by atoms with van der Waals surface area (Å²) in [6, 6.07) is 0.886. The van der Waals surface area contributed by atoms with E-state index in [1.54, 1.807) is 0 Å². The third-order valence-corrected chi connectivity index (χ3v) is 8.30. The molecule has 1 saturated carbocycles. The number of nitrogens with zero attached hydrogens (tertiary/aromatic N) is 5. The van der Waals surface area contributed by atoms with Crippen molar-refractivity contribution in [3.63, 3.8) is 0 Å². The Morgan fingerprint density at radius 2 is 1.71 bits per heavy atom. The van der Waals surface area contributed by atoms with Crippen molar-refractivity contribution in [2.24, 2.45) is 5.92 Å². The number of aryl methyl sites for hydroxylation is 2. The molecule has 1 aliphatic carbocycles. The molecule has 3 heterocycles.